The van der Waals surface area contributed by atoms with Crippen molar-refractivity contribution in [1.82, 2.24) is 10.3 Å². The van der Waals surface area contributed by atoms with E-state index in [4.69, 9.17) is 4.74 Å². The molecule has 0 aliphatic rings. The summed E-state index contributed by atoms with van der Waals surface area (Å²) in [5.41, 5.74) is 4.38. The molecule has 36 heavy (non-hydrogen) atoms. The summed E-state index contributed by atoms with van der Waals surface area (Å²) in [7, 11) is 1.44. The third-order valence-corrected chi connectivity index (χ3v) is 7.32. The van der Waals surface area contributed by atoms with Gasteiger partial charge in [0.15, 0.2) is 0 Å². The van der Waals surface area contributed by atoms with Gasteiger partial charge >= 0.3 is 5.97 Å². The molecule has 1 aromatic heterocycles. The van der Waals surface area contributed by atoms with Gasteiger partial charge in [0.25, 0.3) is 0 Å². The van der Waals surface area contributed by atoms with Crippen molar-refractivity contribution in [3.05, 3.63) is 142 Å². The highest BCUT2D eigenvalue weighted by Crippen LogP contribution is 2.38. The number of rotatable bonds is 8. The molecule has 1 atom stereocenters. The molecule has 5 heteroatoms. The van der Waals surface area contributed by atoms with Crippen molar-refractivity contribution in [2.75, 3.05) is 7.11 Å². The number of aromatic amines is 1. The van der Waals surface area contributed by atoms with E-state index in [0.717, 1.165) is 37.6 Å². The molecule has 0 saturated carbocycles. The van der Waals surface area contributed by atoms with E-state index in [1.165, 1.54) is 7.11 Å². The highest BCUT2D eigenvalue weighted by atomic mass is 79.9. The number of ether oxygens (including phenoxy) is 1. The minimum absolute atomic E-state index is 0.316. The van der Waals surface area contributed by atoms with Crippen molar-refractivity contribution < 1.29 is 9.53 Å². The Kier molecular flexibility index (Phi) is 7.03. The predicted molar refractivity (Wildman–Crippen MR) is 148 cm³/mol. The van der Waals surface area contributed by atoms with Crippen LogP contribution in [0.1, 0.15) is 22.3 Å². The summed E-state index contributed by atoms with van der Waals surface area (Å²) in [6, 6.07) is 36.2. The van der Waals surface area contributed by atoms with Gasteiger partial charge in [0.05, 0.1) is 12.6 Å². The van der Waals surface area contributed by atoms with Crippen LogP contribution in [0.5, 0.6) is 0 Å². The Bertz CT molecular complexity index is 1350. The van der Waals surface area contributed by atoms with Gasteiger partial charge in [-0.05, 0) is 34.4 Å². The van der Waals surface area contributed by atoms with Crippen LogP contribution < -0.4 is 5.32 Å². The molecule has 1 heterocycles. The summed E-state index contributed by atoms with van der Waals surface area (Å²) in [6.45, 7) is 0. The lowest BCUT2D eigenvalue weighted by Gasteiger charge is -2.39. The molecular weight excluding hydrogens is 512 g/mol. The first-order valence-electron chi connectivity index (χ1n) is 11.9. The average Bonchev–Trinajstić information content (AvgIpc) is 3.36. The minimum Gasteiger partial charge on any atom is -0.468 e. The normalized spacial score (nSPS) is 12.4. The first-order valence-corrected chi connectivity index (χ1v) is 12.7. The second-order valence-electron chi connectivity index (χ2n) is 8.75. The Morgan fingerprint density at radius 2 is 1.36 bits per heavy atom. The zero-order valence-electron chi connectivity index (χ0n) is 19.9. The number of halogens is 1. The molecule has 0 aliphatic carbocycles. The third kappa shape index (κ3) is 4.48. The molecule has 180 valence electrons. The average molecular weight is 539 g/mol. The lowest BCUT2D eigenvalue weighted by atomic mass is 9.76. The Labute approximate surface area is 219 Å². The summed E-state index contributed by atoms with van der Waals surface area (Å²) in [5.74, 6) is -0.316. The summed E-state index contributed by atoms with van der Waals surface area (Å²) in [4.78, 5) is 16.7. The van der Waals surface area contributed by atoms with Crippen molar-refractivity contribution in [3.8, 4) is 0 Å². The van der Waals surface area contributed by atoms with Gasteiger partial charge in [0.2, 0.25) is 0 Å². The van der Waals surface area contributed by atoms with E-state index < -0.39 is 11.6 Å². The van der Waals surface area contributed by atoms with E-state index in [-0.39, 0.29) is 5.97 Å². The molecule has 0 radical (unpaired) electrons. The van der Waals surface area contributed by atoms with Crippen molar-refractivity contribution in [2.45, 2.75) is 18.0 Å². The van der Waals surface area contributed by atoms with E-state index in [1.807, 2.05) is 79.0 Å². The Morgan fingerprint density at radius 3 is 1.86 bits per heavy atom. The van der Waals surface area contributed by atoms with Crippen molar-refractivity contribution in [3.63, 3.8) is 0 Å². The molecule has 4 aromatic carbocycles. The fraction of sp³-hybridized carbons (Fsp3) is 0.129. The largest absolute Gasteiger partial charge is 0.468 e. The molecule has 0 saturated heterocycles. The van der Waals surface area contributed by atoms with Crippen molar-refractivity contribution >= 4 is 32.8 Å². The molecule has 5 rings (SSSR count). The first kappa shape index (κ1) is 24.0. The van der Waals surface area contributed by atoms with Crippen LogP contribution in [0.4, 0.5) is 0 Å². The van der Waals surface area contributed by atoms with Gasteiger partial charge in [-0.25, -0.2) is 0 Å². The molecule has 0 aliphatic heterocycles. The zero-order valence-corrected chi connectivity index (χ0v) is 21.5. The molecular formula is C31H27BrN2O2. The standard InChI is InChI=1S/C31H27BrN2O2/c1-36-30(35)28(20-22-21-33-27-19-11-18-26(32)29(22)27)34-31(23-12-5-2-6-13-23,24-14-7-3-8-15-24)25-16-9-4-10-17-25/h2-19,21,28,33-34H,20H2,1H3/t28-/m1/s1. The summed E-state index contributed by atoms with van der Waals surface area (Å²) < 4.78 is 6.32. The third-order valence-electron chi connectivity index (χ3n) is 6.66. The maximum atomic E-state index is 13.3. The number of carbonyl (C=O) groups excluding carboxylic acids is 1. The predicted octanol–water partition coefficient (Wildman–Crippen LogP) is 6.60. The Morgan fingerprint density at radius 1 is 0.833 bits per heavy atom. The van der Waals surface area contributed by atoms with Crippen molar-refractivity contribution in [2.24, 2.45) is 0 Å². The van der Waals surface area contributed by atoms with E-state index in [1.54, 1.807) is 0 Å². The molecule has 2 N–H and O–H groups in total. The van der Waals surface area contributed by atoms with Crippen LogP contribution in [0.2, 0.25) is 0 Å². The van der Waals surface area contributed by atoms with Crippen molar-refractivity contribution in [1.29, 1.82) is 0 Å². The topological polar surface area (TPSA) is 54.1 Å². The number of carbonyl (C=O) groups is 1. The molecule has 4 nitrogen and oxygen atoms in total. The quantitative estimate of drug-likeness (QED) is 0.173. The van der Waals surface area contributed by atoms with Gasteiger partial charge in [0.1, 0.15) is 6.04 Å². The monoisotopic (exact) mass is 538 g/mol. The van der Waals surface area contributed by atoms with E-state index in [0.29, 0.717) is 6.42 Å². The minimum atomic E-state index is -0.786. The number of hydrogen-bond acceptors (Lipinski definition) is 3. The number of methoxy groups -OCH3 is 1. The van der Waals surface area contributed by atoms with Gasteiger partial charge < -0.3 is 9.72 Å². The van der Waals surface area contributed by atoms with E-state index >= 15 is 0 Å². The SMILES string of the molecule is COC(=O)[C@@H](Cc1c[nH]c2cccc(Br)c12)NC(c1ccccc1)(c1ccccc1)c1ccccc1. The number of esters is 1. The summed E-state index contributed by atoms with van der Waals surface area (Å²) in [5, 5.41) is 4.85. The summed E-state index contributed by atoms with van der Waals surface area (Å²) >= 11 is 3.69. The number of aromatic nitrogens is 1. The van der Waals surface area contributed by atoms with Crippen LogP contribution in [0.25, 0.3) is 10.9 Å². The van der Waals surface area contributed by atoms with Crippen LogP contribution in [0.15, 0.2) is 120 Å². The first-order chi connectivity index (χ1) is 17.6. The number of H-pyrrole nitrogens is 1. The molecule has 0 fully saturated rings. The van der Waals surface area contributed by atoms with Crippen LogP contribution >= 0.6 is 15.9 Å². The lowest BCUT2D eigenvalue weighted by Crippen LogP contribution is -2.53. The van der Waals surface area contributed by atoms with Gasteiger partial charge in [-0.1, -0.05) is 113 Å². The Balaban J connectivity index is 1.69. The fourth-order valence-electron chi connectivity index (χ4n) is 5.00. The fourth-order valence-corrected chi connectivity index (χ4v) is 5.62. The molecule has 0 unspecified atom stereocenters. The second kappa shape index (κ2) is 10.5. The maximum absolute atomic E-state index is 13.3. The van der Waals surface area contributed by atoms with Gasteiger partial charge in [-0.15, -0.1) is 0 Å². The van der Waals surface area contributed by atoms with Crippen LogP contribution in [0, 0.1) is 0 Å². The van der Waals surface area contributed by atoms with E-state index in [2.05, 4.69) is 62.6 Å². The lowest BCUT2D eigenvalue weighted by molar-refractivity contribution is -0.143. The van der Waals surface area contributed by atoms with Gasteiger partial charge in [0, 0.05) is 28.0 Å². The van der Waals surface area contributed by atoms with Gasteiger partial charge in [-0.3, -0.25) is 10.1 Å². The molecule has 0 amide bonds. The summed E-state index contributed by atoms with van der Waals surface area (Å²) in [6.07, 6.45) is 2.42. The number of fused-ring (bicyclic) bond motifs is 1. The zero-order chi connectivity index (χ0) is 25.0. The number of hydrogen-bond donors (Lipinski definition) is 2. The highest BCUT2D eigenvalue weighted by molar-refractivity contribution is 9.10. The molecule has 0 spiro atoms. The highest BCUT2D eigenvalue weighted by Gasteiger charge is 2.40. The van der Waals surface area contributed by atoms with Crippen LogP contribution in [-0.2, 0) is 21.5 Å². The number of nitrogens with one attached hydrogen (secondary N) is 2. The smallest absolute Gasteiger partial charge is 0.323 e. The molecule has 5 aromatic rings. The number of benzene rings is 4. The Hall–Kier alpha value is -3.67. The van der Waals surface area contributed by atoms with Crippen LogP contribution in [-0.4, -0.2) is 24.1 Å². The second-order valence-corrected chi connectivity index (χ2v) is 9.60. The van der Waals surface area contributed by atoms with E-state index in [9.17, 15) is 4.79 Å². The maximum Gasteiger partial charge on any atom is 0.323 e. The molecule has 0 bridgehead atoms. The van der Waals surface area contributed by atoms with Gasteiger partial charge in [-0.2, -0.15) is 0 Å². The van der Waals surface area contributed by atoms with Crippen LogP contribution in [0.3, 0.4) is 0 Å².